The number of anilines is 1. The van der Waals surface area contributed by atoms with Crippen LogP contribution in [0.3, 0.4) is 0 Å². The molecule has 0 heterocycles. The predicted octanol–water partition coefficient (Wildman–Crippen LogP) is 2.94. The molecule has 0 saturated heterocycles. The van der Waals surface area contributed by atoms with Crippen LogP contribution < -0.4 is 10.1 Å². The average molecular weight is 234 g/mol. The fourth-order valence-corrected chi connectivity index (χ4v) is 1.83. The molecule has 0 aromatic heterocycles. The molecule has 0 amide bonds. The minimum atomic E-state index is -0.373. The molecule has 1 aromatic rings. The third-order valence-electron chi connectivity index (χ3n) is 3.23. The van der Waals surface area contributed by atoms with Crippen molar-refractivity contribution in [2.75, 3.05) is 19.0 Å². The number of nitrogens with one attached hydrogen (secondary N) is 1. The Morgan fingerprint density at radius 3 is 2.82 bits per heavy atom. The topological polar surface area (TPSA) is 45.0 Å². The molecular weight excluding hydrogens is 219 g/mol. The molecule has 4 heteroatoms. The number of ether oxygens (including phenoxy) is 1. The zero-order valence-corrected chi connectivity index (χ0v) is 9.79. The minimum absolute atomic E-state index is 0.116. The van der Waals surface area contributed by atoms with Gasteiger partial charge in [-0.25, -0.2) is 4.39 Å². The van der Waals surface area contributed by atoms with E-state index in [1.54, 1.807) is 12.1 Å². The summed E-state index contributed by atoms with van der Waals surface area (Å²) in [5.41, 5.74) is 0.845. The molecule has 0 aliphatic heterocycles. The zero-order chi connectivity index (χ0) is 12.3. The summed E-state index contributed by atoms with van der Waals surface area (Å²) >= 11 is 0. The van der Waals surface area contributed by atoms with Crippen molar-refractivity contribution < 1.29 is 9.13 Å². The van der Waals surface area contributed by atoms with Crippen LogP contribution in [0.25, 0.3) is 0 Å². The fraction of sp³-hybridized carbons (Fsp3) is 0.462. The number of hydrogen-bond donors (Lipinski definition) is 1. The number of benzene rings is 1. The summed E-state index contributed by atoms with van der Waals surface area (Å²) in [4.78, 5) is 0. The van der Waals surface area contributed by atoms with E-state index in [9.17, 15) is 4.39 Å². The van der Waals surface area contributed by atoms with Crippen molar-refractivity contribution in [3.63, 3.8) is 0 Å². The Morgan fingerprint density at radius 2 is 2.29 bits per heavy atom. The number of halogens is 1. The van der Waals surface area contributed by atoms with Gasteiger partial charge in [0.2, 0.25) is 0 Å². The van der Waals surface area contributed by atoms with Gasteiger partial charge in [-0.2, -0.15) is 5.26 Å². The van der Waals surface area contributed by atoms with Crippen LogP contribution in [0.15, 0.2) is 18.2 Å². The molecule has 1 aromatic carbocycles. The molecule has 1 fully saturated rings. The van der Waals surface area contributed by atoms with E-state index in [-0.39, 0.29) is 17.0 Å². The second-order valence-electron chi connectivity index (χ2n) is 4.54. The van der Waals surface area contributed by atoms with Crippen LogP contribution in [-0.4, -0.2) is 13.7 Å². The van der Waals surface area contributed by atoms with Crippen molar-refractivity contribution in [2.45, 2.75) is 19.3 Å². The summed E-state index contributed by atoms with van der Waals surface area (Å²) in [7, 11) is 1.44. The van der Waals surface area contributed by atoms with E-state index >= 15 is 0 Å². The molecule has 1 aliphatic rings. The summed E-state index contributed by atoms with van der Waals surface area (Å²) in [6, 6.07) is 7.00. The van der Waals surface area contributed by atoms with Gasteiger partial charge < -0.3 is 10.1 Å². The Bertz CT molecular complexity index is 449. The molecule has 1 saturated carbocycles. The summed E-state index contributed by atoms with van der Waals surface area (Å²) in [5, 5.41) is 11.9. The number of nitriles is 1. The maximum Gasteiger partial charge on any atom is 0.167 e. The Morgan fingerprint density at radius 1 is 1.53 bits per heavy atom. The van der Waals surface area contributed by atoms with Crippen LogP contribution in [0.5, 0.6) is 5.75 Å². The molecule has 17 heavy (non-hydrogen) atoms. The van der Waals surface area contributed by atoms with Gasteiger partial charge in [-0.1, -0.05) is 0 Å². The highest BCUT2D eigenvalue weighted by Crippen LogP contribution is 2.48. The first-order valence-corrected chi connectivity index (χ1v) is 5.63. The van der Waals surface area contributed by atoms with E-state index in [1.165, 1.54) is 13.2 Å². The molecule has 2 rings (SSSR count). The van der Waals surface area contributed by atoms with Crippen LogP contribution in [0, 0.1) is 22.6 Å². The first-order valence-electron chi connectivity index (χ1n) is 5.63. The molecule has 3 nitrogen and oxygen atoms in total. The average Bonchev–Trinajstić information content (AvgIpc) is 3.08. The normalized spacial score (nSPS) is 16.1. The fourth-order valence-electron chi connectivity index (χ4n) is 1.83. The largest absolute Gasteiger partial charge is 0.494 e. The van der Waals surface area contributed by atoms with Crippen LogP contribution >= 0.6 is 0 Å². The highest BCUT2D eigenvalue weighted by Gasteiger charge is 2.42. The van der Waals surface area contributed by atoms with Gasteiger partial charge in [0.05, 0.1) is 13.2 Å². The predicted molar refractivity (Wildman–Crippen MR) is 63.3 cm³/mol. The zero-order valence-electron chi connectivity index (χ0n) is 9.79. The quantitative estimate of drug-likeness (QED) is 0.851. The monoisotopic (exact) mass is 234 g/mol. The Balaban J connectivity index is 1.96. The lowest BCUT2D eigenvalue weighted by molar-refractivity contribution is 0.386. The van der Waals surface area contributed by atoms with Gasteiger partial charge in [0.1, 0.15) is 0 Å². The van der Waals surface area contributed by atoms with Crippen LogP contribution in [0.1, 0.15) is 19.3 Å². The van der Waals surface area contributed by atoms with Crippen molar-refractivity contribution >= 4 is 5.69 Å². The van der Waals surface area contributed by atoms with Crippen LogP contribution in [0.4, 0.5) is 10.1 Å². The van der Waals surface area contributed by atoms with Gasteiger partial charge >= 0.3 is 0 Å². The summed E-state index contributed by atoms with van der Waals surface area (Å²) in [6.45, 7) is 0.729. The van der Waals surface area contributed by atoms with E-state index in [1.807, 2.05) is 0 Å². The number of nitrogens with zero attached hydrogens (tertiary/aromatic N) is 1. The third-order valence-corrected chi connectivity index (χ3v) is 3.23. The van der Waals surface area contributed by atoms with Crippen molar-refractivity contribution in [1.82, 2.24) is 0 Å². The summed E-state index contributed by atoms with van der Waals surface area (Å²) < 4.78 is 18.3. The van der Waals surface area contributed by atoms with Gasteiger partial charge in [0.15, 0.2) is 11.6 Å². The minimum Gasteiger partial charge on any atom is -0.494 e. The molecule has 0 atom stereocenters. The standard InChI is InChI=1S/C13H15FN2O/c1-17-12-3-2-10(8-11(12)14)16-9-13(4-5-13)6-7-15/h2-3,8,16H,4-6,9H2,1H3. The van der Waals surface area contributed by atoms with Gasteiger partial charge in [0.25, 0.3) is 0 Å². The van der Waals surface area contributed by atoms with E-state index < -0.39 is 0 Å². The van der Waals surface area contributed by atoms with Gasteiger partial charge in [-0.3, -0.25) is 0 Å². The maximum atomic E-state index is 13.4. The van der Waals surface area contributed by atoms with E-state index in [0.717, 1.165) is 25.1 Å². The van der Waals surface area contributed by atoms with Crippen molar-refractivity contribution in [1.29, 1.82) is 5.26 Å². The summed E-state index contributed by atoms with van der Waals surface area (Å²) in [5.74, 6) is -0.128. The lowest BCUT2D eigenvalue weighted by atomic mass is 10.0. The third kappa shape index (κ3) is 2.68. The molecule has 90 valence electrons. The Kier molecular flexibility index (Phi) is 3.19. The first kappa shape index (κ1) is 11.7. The van der Waals surface area contributed by atoms with Crippen molar-refractivity contribution in [3.05, 3.63) is 24.0 Å². The number of methoxy groups -OCH3 is 1. The first-order chi connectivity index (χ1) is 8.19. The second-order valence-corrected chi connectivity index (χ2v) is 4.54. The van der Waals surface area contributed by atoms with Crippen LogP contribution in [-0.2, 0) is 0 Å². The lowest BCUT2D eigenvalue weighted by Crippen LogP contribution is -2.14. The molecule has 0 bridgehead atoms. The highest BCUT2D eigenvalue weighted by molar-refractivity contribution is 5.47. The van der Waals surface area contributed by atoms with Crippen molar-refractivity contribution in [3.8, 4) is 11.8 Å². The summed E-state index contributed by atoms with van der Waals surface area (Å²) in [6.07, 6.45) is 2.72. The Hall–Kier alpha value is -1.76. The molecule has 0 unspecified atom stereocenters. The molecule has 0 spiro atoms. The van der Waals surface area contributed by atoms with Crippen LogP contribution in [0.2, 0.25) is 0 Å². The maximum absolute atomic E-state index is 13.4. The molecule has 0 radical (unpaired) electrons. The van der Waals surface area contributed by atoms with Gasteiger partial charge in [-0.15, -0.1) is 0 Å². The van der Waals surface area contributed by atoms with E-state index in [0.29, 0.717) is 6.42 Å². The SMILES string of the molecule is COc1ccc(NCC2(CC#N)CC2)cc1F. The molecule has 1 N–H and O–H groups in total. The second kappa shape index (κ2) is 4.62. The van der Waals surface area contributed by atoms with E-state index in [2.05, 4.69) is 11.4 Å². The molecule has 1 aliphatic carbocycles. The lowest BCUT2D eigenvalue weighted by Gasteiger charge is -2.13. The van der Waals surface area contributed by atoms with Gasteiger partial charge in [-0.05, 0) is 25.0 Å². The highest BCUT2D eigenvalue weighted by atomic mass is 19.1. The van der Waals surface area contributed by atoms with Gasteiger partial charge in [0, 0.05) is 30.1 Å². The molecular formula is C13H15FN2O. The Labute approximate surface area is 100 Å². The number of hydrogen-bond acceptors (Lipinski definition) is 3. The number of rotatable bonds is 5. The van der Waals surface area contributed by atoms with E-state index in [4.69, 9.17) is 10.00 Å². The van der Waals surface area contributed by atoms with Crippen molar-refractivity contribution in [2.24, 2.45) is 5.41 Å². The smallest absolute Gasteiger partial charge is 0.167 e.